The lowest BCUT2D eigenvalue weighted by Crippen LogP contribution is -2.41. The predicted octanol–water partition coefficient (Wildman–Crippen LogP) is 1.55. The first-order valence-corrected chi connectivity index (χ1v) is 8.73. The van der Waals surface area contributed by atoms with Crippen molar-refractivity contribution in [3.8, 4) is 0 Å². The van der Waals surface area contributed by atoms with Crippen LogP contribution in [0.1, 0.15) is 27.7 Å². The number of nitrogens with zero attached hydrogens (tertiary/aromatic N) is 2. The van der Waals surface area contributed by atoms with E-state index in [-0.39, 0.29) is 30.7 Å². The number of rotatable bonds is 5. The maximum atomic E-state index is 6.05. The Morgan fingerprint density at radius 2 is 1.76 bits per heavy atom. The van der Waals surface area contributed by atoms with Crippen LogP contribution in [0.25, 0.3) is 0 Å². The van der Waals surface area contributed by atoms with E-state index in [2.05, 4.69) is 42.9 Å². The van der Waals surface area contributed by atoms with Crippen LogP contribution in [0.5, 0.6) is 0 Å². The first-order valence-electron chi connectivity index (χ1n) is 8.73. The molecular formula is C17H29BClN3O3. The zero-order valence-electron chi connectivity index (χ0n) is 15.6. The number of anilines is 1. The standard InChI is InChI=1S/C17H28BN3O3.ClH/c1-16(2)17(3,4)24-18(23-16)14-5-6-15(20-13-14)19-7-8-21-9-11-22-12-10-21;/h5-6,13H,7-12H2,1-4H3,(H,19,20);1H. The fraction of sp³-hybridized carbons (Fsp3) is 0.706. The maximum Gasteiger partial charge on any atom is 0.496 e. The van der Waals surface area contributed by atoms with E-state index in [1.807, 2.05) is 18.3 Å². The van der Waals surface area contributed by atoms with E-state index in [4.69, 9.17) is 14.0 Å². The van der Waals surface area contributed by atoms with Crippen LogP contribution in [0.15, 0.2) is 18.3 Å². The number of halogens is 1. The van der Waals surface area contributed by atoms with Crippen LogP contribution < -0.4 is 10.8 Å². The van der Waals surface area contributed by atoms with Gasteiger partial charge in [-0.2, -0.15) is 0 Å². The Morgan fingerprint density at radius 1 is 1.12 bits per heavy atom. The van der Waals surface area contributed by atoms with Crippen LogP contribution in [-0.4, -0.2) is 67.6 Å². The van der Waals surface area contributed by atoms with E-state index in [0.29, 0.717) is 0 Å². The van der Waals surface area contributed by atoms with Crippen molar-refractivity contribution in [2.75, 3.05) is 44.7 Å². The van der Waals surface area contributed by atoms with E-state index in [0.717, 1.165) is 50.7 Å². The molecule has 1 N–H and O–H groups in total. The van der Waals surface area contributed by atoms with E-state index < -0.39 is 0 Å². The molecule has 140 valence electrons. The Labute approximate surface area is 157 Å². The van der Waals surface area contributed by atoms with Gasteiger partial charge in [-0.15, -0.1) is 12.4 Å². The highest BCUT2D eigenvalue weighted by molar-refractivity contribution is 6.62. The second-order valence-electron chi connectivity index (χ2n) is 7.45. The molecule has 0 saturated carbocycles. The first-order chi connectivity index (χ1) is 11.4. The Hall–Kier alpha value is -0.855. The summed E-state index contributed by atoms with van der Waals surface area (Å²) >= 11 is 0. The van der Waals surface area contributed by atoms with Crippen LogP contribution >= 0.6 is 12.4 Å². The summed E-state index contributed by atoms with van der Waals surface area (Å²) in [4.78, 5) is 6.89. The highest BCUT2D eigenvalue weighted by atomic mass is 35.5. The van der Waals surface area contributed by atoms with Crippen LogP contribution in [0.3, 0.4) is 0 Å². The van der Waals surface area contributed by atoms with Gasteiger partial charge in [-0.3, -0.25) is 4.90 Å². The third-order valence-electron chi connectivity index (χ3n) is 5.15. The van der Waals surface area contributed by atoms with Gasteiger partial charge in [0.1, 0.15) is 5.82 Å². The maximum absolute atomic E-state index is 6.05. The number of hydrogen-bond donors (Lipinski definition) is 1. The Balaban J connectivity index is 0.00000225. The van der Waals surface area contributed by atoms with E-state index >= 15 is 0 Å². The first kappa shape index (κ1) is 20.5. The van der Waals surface area contributed by atoms with Crippen molar-refractivity contribution < 1.29 is 14.0 Å². The zero-order chi connectivity index (χ0) is 17.2. The summed E-state index contributed by atoms with van der Waals surface area (Å²) in [5.41, 5.74) is 0.298. The van der Waals surface area contributed by atoms with E-state index in [1.54, 1.807) is 0 Å². The second-order valence-corrected chi connectivity index (χ2v) is 7.45. The summed E-state index contributed by atoms with van der Waals surface area (Å²) in [6.45, 7) is 13.8. The number of morpholine rings is 1. The van der Waals surface area contributed by atoms with Crippen LogP contribution in [-0.2, 0) is 14.0 Å². The molecule has 8 heteroatoms. The molecule has 2 fully saturated rings. The molecule has 2 aliphatic heterocycles. The minimum absolute atomic E-state index is 0. The molecule has 0 radical (unpaired) electrons. The highest BCUT2D eigenvalue weighted by Crippen LogP contribution is 2.36. The van der Waals surface area contributed by atoms with Crippen molar-refractivity contribution in [2.24, 2.45) is 0 Å². The fourth-order valence-electron chi connectivity index (χ4n) is 2.80. The van der Waals surface area contributed by atoms with Gasteiger partial charge >= 0.3 is 7.12 Å². The van der Waals surface area contributed by atoms with E-state index in [9.17, 15) is 0 Å². The lowest BCUT2D eigenvalue weighted by Gasteiger charge is -2.32. The monoisotopic (exact) mass is 369 g/mol. The number of ether oxygens (including phenoxy) is 1. The number of nitrogens with one attached hydrogen (secondary N) is 1. The number of aromatic nitrogens is 1. The third kappa shape index (κ3) is 4.86. The predicted molar refractivity (Wildman–Crippen MR) is 103 cm³/mol. The fourth-order valence-corrected chi connectivity index (χ4v) is 2.80. The van der Waals surface area contributed by atoms with Crippen molar-refractivity contribution in [1.82, 2.24) is 9.88 Å². The van der Waals surface area contributed by atoms with Gasteiger partial charge in [0.15, 0.2) is 0 Å². The van der Waals surface area contributed by atoms with Gasteiger partial charge < -0.3 is 19.4 Å². The Kier molecular flexibility index (Phi) is 6.73. The third-order valence-corrected chi connectivity index (χ3v) is 5.15. The summed E-state index contributed by atoms with van der Waals surface area (Å²) in [6, 6.07) is 4.01. The van der Waals surface area contributed by atoms with Crippen LogP contribution in [0.2, 0.25) is 0 Å². The minimum Gasteiger partial charge on any atom is -0.399 e. The molecule has 3 heterocycles. The highest BCUT2D eigenvalue weighted by Gasteiger charge is 2.51. The molecule has 3 rings (SSSR count). The zero-order valence-corrected chi connectivity index (χ0v) is 16.4. The molecule has 2 saturated heterocycles. The molecule has 1 aromatic heterocycles. The van der Waals surface area contributed by atoms with Crippen LogP contribution in [0.4, 0.5) is 5.82 Å². The van der Waals surface area contributed by atoms with Gasteiger partial charge in [0, 0.05) is 37.8 Å². The molecule has 1 aromatic rings. The summed E-state index contributed by atoms with van der Waals surface area (Å²) in [6.07, 6.45) is 1.83. The van der Waals surface area contributed by atoms with Gasteiger partial charge in [-0.25, -0.2) is 4.98 Å². The summed E-state index contributed by atoms with van der Waals surface area (Å²) in [5, 5.41) is 3.37. The summed E-state index contributed by atoms with van der Waals surface area (Å²) < 4.78 is 17.5. The lowest BCUT2D eigenvalue weighted by molar-refractivity contribution is 0.00578. The SMILES string of the molecule is CC1(C)OB(c2ccc(NCCN3CCOCC3)nc2)OC1(C)C.Cl. The van der Waals surface area contributed by atoms with Gasteiger partial charge in [-0.05, 0) is 33.8 Å². The van der Waals surface area contributed by atoms with Crippen molar-refractivity contribution >= 4 is 30.8 Å². The average molecular weight is 370 g/mol. The van der Waals surface area contributed by atoms with Gasteiger partial charge in [0.25, 0.3) is 0 Å². The average Bonchev–Trinajstić information content (AvgIpc) is 2.77. The Bertz CT molecular complexity index is 535. The van der Waals surface area contributed by atoms with Crippen LogP contribution in [0, 0.1) is 0 Å². The summed E-state index contributed by atoms with van der Waals surface area (Å²) in [7, 11) is -0.357. The molecule has 6 nitrogen and oxygen atoms in total. The van der Waals surface area contributed by atoms with Crippen molar-refractivity contribution in [3.05, 3.63) is 18.3 Å². The van der Waals surface area contributed by atoms with Gasteiger partial charge in [0.05, 0.1) is 24.4 Å². The molecule has 25 heavy (non-hydrogen) atoms. The van der Waals surface area contributed by atoms with E-state index in [1.165, 1.54) is 0 Å². The molecule has 0 bridgehead atoms. The molecular weight excluding hydrogens is 340 g/mol. The van der Waals surface area contributed by atoms with Gasteiger partial charge in [0.2, 0.25) is 0 Å². The van der Waals surface area contributed by atoms with Crippen molar-refractivity contribution in [2.45, 2.75) is 38.9 Å². The number of pyridine rings is 1. The molecule has 0 unspecified atom stereocenters. The molecule has 0 aromatic carbocycles. The number of hydrogen-bond acceptors (Lipinski definition) is 6. The molecule has 0 aliphatic carbocycles. The topological polar surface area (TPSA) is 55.9 Å². The van der Waals surface area contributed by atoms with Gasteiger partial charge in [-0.1, -0.05) is 6.07 Å². The normalized spacial score (nSPS) is 22.5. The smallest absolute Gasteiger partial charge is 0.399 e. The lowest BCUT2D eigenvalue weighted by atomic mass is 9.80. The molecule has 2 aliphatic rings. The van der Waals surface area contributed by atoms with Crippen molar-refractivity contribution in [3.63, 3.8) is 0 Å². The van der Waals surface area contributed by atoms with Crippen molar-refractivity contribution in [1.29, 1.82) is 0 Å². The second kappa shape index (κ2) is 8.23. The molecule has 0 spiro atoms. The minimum atomic E-state index is -0.357. The Morgan fingerprint density at radius 3 is 2.32 bits per heavy atom. The quantitative estimate of drug-likeness (QED) is 0.795. The molecule has 0 atom stereocenters. The largest absolute Gasteiger partial charge is 0.496 e. The molecule has 0 amide bonds. The summed E-state index contributed by atoms with van der Waals surface area (Å²) in [5.74, 6) is 0.878.